The fraction of sp³-hybridized carbons (Fsp3) is 0.812. The minimum Gasteiger partial charge on any atom is -0.354 e. The zero-order valence-corrected chi connectivity index (χ0v) is 11.9. The van der Waals surface area contributed by atoms with E-state index in [4.69, 9.17) is 6.42 Å². The van der Waals surface area contributed by atoms with E-state index in [2.05, 4.69) is 16.1 Å². The molecule has 3 nitrogen and oxygen atoms in total. The molecule has 0 aromatic rings. The van der Waals surface area contributed by atoms with E-state index in [1.807, 2.05) is 0 Å². The van der Waals surface area contributed by atoms with E-state index in [0.717, 1.165) is 32.4 Å². The molecule has 2 fully saturated rings. The number of nitrogens with one attached hydrogen (secondary N) is 1. The molecular weight excluding hydrogens is 236 g/mol. The minimum atomic E-state index is 0.00777. The van der Waals surface area contributed by atoms with E-state index in [9.17, 15) is 4.79 Å². The Morgan fingerprint density at radius 1 is 1.16 bits per heavy atom. The second-order valence-corrected chi connectivity index (χ2v) is 5.94. The number of amides is 1. The summed E-state index contributed by atoms with van der Waals surface area (Å²) in [6, 6.07) is 0.00777. The molecule has 0 spiro atoms. The third-order valence-electron chi connectivity index (χ3n) is 4.50. The average molecular weight is 262 g/mol. The van der Waals surface area contributed by atoms with Crippen molar-refractivity contribution in [2.24, 2.45) is 5.92 Å². The van der Waals surface area contributed by atoms with Crippen LogP contribution in [0.15, 0.2) is 0 Å². The van der Waals surface area contributed by atoms with Crippen LogP contribution in [-0.4, -0.2) is 36.5 Å². The predicted molar refractivity (Wildman–Crippen MR) is 77.6 cm³/mol. The van der Waals surface area contributed by atoms with E-state index in [1.165, 1.54) is 32.1 Å². The number of likely N-dealkylation sites (tertiary alicyclic amines) is 1. The van der Waals surface area contributed by atoms with Gasteiger partial charge in [0.2, 0.25) is 5.91 Å². The summed E-state index contributed by atoms with van der Waals surface area (Å²) < 4.78 is 0. The highest BCUT2D eigenvalue weighted by Crippen LogP contribution is 2.23. The monoisotopic (exact) mass is 262 g/mol. The number of nitrogens with zero attached hydrogens (tertiary/aromatic N) is 1. The van der Waals surface area contributed by atoms with Gasteiger partial charge in [-0.2, -0.15) is 0 Å². The lowest BCUT2D eigenvalue weighted by atomic mass is 9.89. The quantitative estimate of drug-likeness (QED) is 0.788. The standard InChI is InChI=1S/C16H26N2O/c1-2-11-18-12-7-6-10-15(18)16(19)17-13-14-8-4-3-5-9-14/h1,14-15H,3-13H2,(H,17,19)/t15-/m1/s1. The van der Waals surface area contributed by atoms with E-state index < -0.39 is 0 Å². The van der Waals surface area contributed by atoms with Crippen molar-refractivity contribution >= 4 is 5.91 Å². The average Bonchev–Trinajstić information content (AvgIpc) is 2.47. The summed E-state index contributed by atoms with van der Waals surface area (Å²) in [5, 5.41) is 3.16. The second-order valence-electron chi connectivity index (χ2n) is 5.94. The van der Waals surface area contributed by atoms with Crippen molar-refractivity contribution in [3.05, 3.63) is 0 Å². The Morgan fingerprint density at radius 2 is 1.89 bits per heavy atom. The highest BCUT2D eigenvalue weighted by atomic mass is 16.2. The van der Waals surface area contributed by atoms with Crippen LogP contribution in [0, 0.1) is 18.3 Å². The molecule has 0 radical (unpaired) electrons. The van der Waals surface area contributed by atoms with Gasteiger partial charge < -0.3 is 5.32 Å². The molecule has 3 heteroatoms. The lowest BCUT2D eigenvalue weighted by molar-refractivity contribution is -0.127. The van der Waals surface area contributed by atoms with Gasteiger partial charge in [-0.1, -0.05) is 31.6 Å². The molecule has 1 saturated heterocycles. The van der Waals surface area contributed by atoms with Gasteiger partial charge >= 0.3 is 0 Å². The summed E-state index contributed by atoms with van der Waals surface area (Å²) >= 11 is 0. The van der Waals surface area contributed by atoms with Crippen LogP contribution >= 0.6 is 0 Å². The molecule has 19 heavy (non-hydrogen) atoms. The van der Waals surface area contributed by atoms with Gasteiger partial charge in [0.1, 0.15) is 0 Å². The summed E-state index contributed by atoms with van der Waals surface area (Å²) in [6.45, 7) is 2.42. The topological polar surface area (TPSA) is 32.3 Å². The van der Waals surface area contributed by atoms with E-state index >= 15 is 0 Å². The van der Waals surface area contributed by atoms with Crippen molar-refractivity contribution in [2.75, 3.05) is 19.6 Å². The van der Waals surface area contributed by atoms with E-state index in [0.29, 0.717) is 12.5 Å². The van der Waals surface area contributed by atoms with Crippen LogP contribution in [0.5, 0.6) is 0 Å². The Morgan fingerprint density at radius 3 is 2.63 bits per heavy atom. The maximum Gasteiger partial charge on any atom is 0.237 e. The molecule has 1 aliphatic heterocycles. The minimum absolute atomic E-state index is 0.00777. The number of hydrogen-bond donors (Lipinski definition) is 1. The van der Waals surface area contributed by atoms with Crippen molar-refractivity contribution in [3.8, 4) is 12.3 Å². The first-order chi connectivity index (χ1) is 9.31. The van der Waals surface area contributed by atoms with Gasteiger partial charge in [-0.25, -0.2) is 0 Å². The zero-order chi connectivity index (χ0) is 13.5. The Balaban J connectivity index is 1.78. The summed E-state index contributed by atoms with van der Waals surface area (Å²) in [6.07, 6.45) is 15.2. The van der Waals surface area contributed by atoms with Gasteiger partial charge in [0.15, 0.2) is 0 Å². The third-order valence-corrected chi connectivity index (χ3v) is 4.50. The number of carbonyl (C=O) groups excluding carboxylic acids is 1. The van der Waals surface area contributed by atoms with Crippen LogP contribution in [0.3, 0.4) is 0 Å². The summed E-state index contributed by atoms with van der Waals surface area (Å²) in [5.74, 6) is 3.57. The molecule has 1 amide bonds. The first-order valence-electron chi connectivity index (χ1n) is 7.76. The second kappa shape index (κ2) is 7.55. The van der Waals surface area contributed by atoms with Crippen molar-refractivity contribution in [1.82, 2.24) is 10.2 Å². The fourth-order valence-electron chi connectivity index (χ4n) is 3.35. The summed E-state index contributed by atoms with van der Waals surface area (Å²) in [7, 11) is 0. The lowest BCUT2D eigenvalue weighted by Crippen LogP contribution is -2.50. The molecule has 106 valence electrons. The molecule has 2 aliphatic rings. The van der Waals surface area contributed by atoms with Crippen molar-refractivity contribution in [2.45, 2.75) is 57.4 Å². The van der Waals surface area contributed by atoms with Gasteiger partial charge in [-0.05, 0) is 38.1 Å². The highest BCUT2D eigenvalue weighted by Gasteiger charge is 2.28. The Bertz CT molecular complexity index is 328. The molecule has 0 unspecified atom stereocenters. The molecule has 1 N–H and O–H groups in total. The maximum atomic E-state index is 12.3. The SMILES string of the molecule is C#CCN1CCCC[C@@H]1C(=O)NCC1CCCCC1. The number of hydrogen-bond acceptors (Lipinski definition) is 2. The Kier molecular flexibility index (Phi) is 5.72. The number of terminal acetylenes is 1. The maximum absolute atomic E-state index is 12.3. The molecule has 0 bridgehead atoms. The van der Waals surface area contributed by atoms with Crippen molar-refractivity contribution in [1.29, 1.82) is 0 Å². The Labute approximate surface area is 117 Å². The first kappa shape index (κ1) is 14.4. The Hall–Kier alpha value is -1.01. The summed E-state index contributed by atoms with van der Waals surface area (Å²) in [4.78, 5) is 14.5. The lowest BCUT2D eigenvalue weighted by Gasteiger charge is -2.33. The predicted octanol–water partition coefficient (Wildman–Crippen LogP) is 2.17. The largest absolute Gasteiger partial charge is 0.354 e. The molecule has 1 aliphatic carbocycles. The molecule has 0 aromatic carbocycles. The smallest absolute Gasteiger partial charge is 0.237 e. The number of piperidine rings is 1. The first-order valence-corrected chi connectivity index (χ1v) is 7.76. The van der Waals surface area contributed by atoms with Crippen molar-refractivity contribution in [3.63, 3.8) is 0 Å². The van der Waals surface area contributed by atoms with Crippen LogP contribution in [0.2, 0.25) is 0 Å². The number of rotatable bonds is 4. The van der Waals surface area contributed by atoms with Gasteiger partial charge in [-0.3, -0.25) is 9.69 Å². The number of carbonyl (C=O) groups is 1. The molecule has 1 saturated carbocycles. The molecule has 0 aromatic heterocycles. The zero-order valence-electron chi connectivity index (χ0n) is 11.9. The van der Waals surface area contributed by atoms with Gasteiger partial charge in [0.25, 0.3) is 0 Å². The molecule has 1 atom stereocenters. The molecule has 2 rings (SSSR count). The highest BCUT2D eigenvalue weighted by molar-refractivity contribution is 5.81. The van der Waals surface area contributed by atoms with Crippen LogP contribution in [-0.2, 0) is 4.79 Å². The molecule has 1 heterocycles. The van der Waals surface area contributed by atoms with Gasteiger partial charge in [-0.15, -0.1) is 6.42 Å². The van der Waals surface area contributed by atoms with Crippen LogP contribution in [0.1, 0.15) is 51.4 Å². The van der Waals surface area contributed by atoms with E-state index in [-0.39, 0.29) is 11.9 Å². The van der Waals surface area contributed by atoms with Crippen molar-refractivity contribution < 1.29 is 4.79 Å². The molecular formula is C16H26N2O. The normalized spacial score (nSPS) is 25.7. The van der Waals surface area contributed by atoms with Gasteiger partial charge in [0, 0.05) is 6.54 Å². The van der Waals surface area contributed by atoms with Gasteiger partial charge in [0.05, 0.1) is 12.6 Å². The fourth-order valence-corrected chi connectivity index (χ4v) is 3.35. The van der Waals surface area contributed by atoms with E-state index in [1.54, 1.807) is 0 Å². The van der Waals surface area contributed by atoms with Crippen LogP contribution in [0.25, 0.3) is 0 Å². The summed E-state index contributed by atoms with van der Waals surface area (Å²) in [5.41, 5.74) is 0. The van der Waals surface area contributed by atoms with Crippen LogP contribution in [0.4, 0.5) is 0 Å². The third kappa shape index (κ3) is 4.24. The van der Waals surface area contributed by atoms with Crippen LogP contribution < -0.4 is 5.32 Å².